The van der Waals surface area contributed by atoms with Gasteiger partial charge in [-0.05, 0) is 38.4 Å². The van der Waals surface area contributed by atoms with Crippen LogP contribution >= 0.6 is 0 Å². The minimum Gasteiger partial charge on any atom is -0.299 e. The van der Waals surface area contributed by atoms with E-state index in [9.17, 15) is 0 Å². The molecule has 6 heteroatoms. The highest BCUT2D eigenvalue weighted by atomic mass is 15.3. The van der Waals surface area contributed by atoms with Crippen LogP contribution in [-0.4, -0.2) is 61.6 Å². The number of rotatable bonds is 3. The highest BCUT2D eigenvalue weighted by molar-refractivity contribution is 5.24. The third kappa shape index (κ3) is 3.53. The Labute approximate surface area is 137 Å². The van der Waals surface area contributed by atoms with Gasteiger partial charge in [-0.15, -0.1) is 5.10 Å². The van der Waals surface area contributed by atoms with Gasteiger partial charge in [-0.25, -0.2) is 9.50 Å². The van der Waals surface area contributed by atoms with Gasteiger partial charge in [0.05, 0.1) is 6.54 Å². The Morgan fingerprint density at radius 3 is 2.78 bits per heavy atom. The Morgan fingerprint density at radius 2 is 1.91 bits per heavy atom. The van der Waals surface area contributed by atoms with E-state index in [4.69, 9.17) is 0 Å². The third-order valence-electron chi connectivity index (χ3n) is 5.24. The van der Waals surface area contributed by atoms with Gasteiger partial charge < -0.3 is 0 Å². The van der Waals surface area contributed by atoms with Gasteiger partial charge in [0.15, 0.2) is 5.82 Å². The van der Waals surface area contributed by atoms with Crippen molar-refractivity contribution in [3.63, 3.8) is 0 Å². The minimum atomic E-state index is 0.696. The van der Waals surface area contributed by atoms with E-state index in [1.165, 1.54) is 51.6 Å². The van der Waals surface area contributed by atoms with E-state index < -0.39 is 0 Å². The summed E-state index contributed by atoms with van der Waals surface area (Å²) in [6.45, 7) is 5.55. The van der Waals surface area contributed by atoms with Crippen LogP contribution in [0.3, 0.4) is 0 Å². The zero-order valence-corrected chi connectivity index (χ0v) is 13.8. The molecule has 0 bridgehead atoms. The summed E-state index contributed by atoms with van der Waals surface area (Å²) in [6.07, 6.45) is 12.0. The van der Waals surface area contributed by atoms with E-state index in [-0.39, 0.29) is 0 Å². The van der Waals surface area contributed by atoms with Crippen LogP contribution in [0.5, 0.6) is 0 Å². The molecule has 0 N–H and O–H groups in total. The molecule has 124 valence electrons. The molecule has 2 fully saturated rings. The Balaban J connectivity index is 1.36. The number of hydrogen-bond acceptors (Lipinski definition) is 5. The summed E-state index contributed by atoms with van der Waals surface area (Å²) < 4.78 is 1.77. The maximum atomic E-state index is 4.53. The van der Waals surface area contributed by atoms with E-state index in [1.807, 2.05) is 12.3 Å². The van der Waals surface area contributed by atoms with Crippen LogP contribution < -0.4 is 0 Å². The van der Waals surface area contributed by atoms with Crippen LogP contribution in [-0.2, 0) is 6.54 Å². The van der Waals surface area contributed by atoms with Crippen molar-refractivity contribution in [2.45, 2.75) is 51.1 Å². The molecule has 0 aromatic carbocycles. The lowest BCUT2D eigenvalue weighted by molar-refractivity contribution is 0.158. The number of aromatic nitrogens is 4. The second-order valence-electron chi connectivity index (χ2n) is 6.85. The van der Waals surface area contributed by atoms with Crippen molar-refractivity contribution in [2.24, 2.45) is 0 Å². The smallest absolute Gasteiger partial charge is 0.252 e. The Kier molecular flexibility index (Phi) is 4.52. The molecular weight excluding hydrogens is 288 g/mol. The first-order valence-electron chi connectivity index (χ1n) is 9.01. The fourth-order valence-electron chi connectivity index (χ4n) is 4.00. The van der Waals surface area contributed by atoms with E-state index in [0.29, 0.717) is 5.78 Å². The summed E-state index contributed by atoms with van der Waals surface area (Å²) in [4.78, 5) is 14.0. The van der Waals surface area contributed by atoms with Crippen LogP contribution in [0.1, 0.15) is 44.3 Å². The molecule has 4 rings (SSSR count). The topological polar surface area (TPSA) is 49.6 Å². The van der Waals surface area contributed by atoms with Crippen LogP contribution in [0, 0.1) is 0 Å². The minimum absolute atomic E-state index is 0.696. The van der Waals surface area contributed by atoms with Crippen molar-refractivity contribution >= 4 is 5.78 Å². The van der Waals surface area contributed by atoms with Gasteiger partial charge in [-0.1, -0.05) is 19.3 Å². The summed E-state index contributed by atoms with van der Waals surface area (Å²) in [6, 6.07) is 2.72. The van der Waals surface area contributed by atoms with E-state index in [1.54, 1.807) is 10.7 Å². The van der Waals surface area contributed by atoms with Gasteiger partial charge in [-0.3, -0.25) is 9.80 Å². The maximum Gasteiger partial charge on any atom is 0.252 e. The standard InChI is InChI=1S/C17H26N6/c1-2-6-15(7-3-1)22-10-5-9-21(12-13-22)14-16-19-17-18-8-4-11-23(17)20-16/h4,8,11,15H,1-3,5-7,9-10,12-14H2. The summed E-state index contributed by atoms with van der Waals surface area (Å²) in [7, 11) is 0. The average molecular weight is 314 g/mol. The molecule has 1 aliphatic heterocycles. The molecule has 0 unspecified atom stereocenters. The van der Waals surface area contributed by atoms with E-state index >= 15 is 0 Å². The molecule has 0 amide bonds. The molecule has 1 saturated heterocycles. The van der Waals surface area contributed by atoms with Crippen LogP contribution in [0.25, 0.3) is 5.78 Å². The number of fused-ring (bicyclic) bond motifs is 1. The van der Waals surface area contributed by atoms with Gasteiger partial charge in [0.2, 0.25) is 0 Å². The van der Waals surface area contributed by atoms with Gasteiger partial charge in [0.1, 0.15) is 0 Å². The molecule has 1 saturated carbocycles. The van der Waals surface area contributed by atoms with Gasteiger partial charge >= 0.3 is 0 Å². The van der Waals surface area contributed by atoms with Crippen molar-refractivity contribution < 1.29 is 0 Å². The van der Waals surface area contributed by atoms with Crippen molar-refractivity contribution in [2.75, 3.05) is 26.2 Å². The fraction of sp³-hybridized carbons (Fsp3) is 0.706. The Hall–Kier alpha value is -1.53. The molecule has 0 atom stereocenters. The molecular formula is C17H26N6. The maximum absolute atomic E-state index is 4.53. The second-order valence-corrected chi connectivity index (χ2v) is 6.85. The van der Waals surface area contributed by atoms with Crippen LogP contribution in [0.4, 0.5) is 0 Å². The summed E-state index contributed by atoms with van der Waals surface area (Å²) in [5, 5.41) is 4.53. The zero-order valence-electron chi connectivity index (χ0n) is 13.8. The zero-order chi connectivity index (χ0) is 15.5. The van der Waals surface area contributed by atoms with Crippen molar-refractivity contribution in [1.82, 2.24) is 29.4 Å². The van der Waals surface area contributed by atoms with Crippen molar-refractivity contribution in [3.05, 3.63) is 24.3 Å². The monoisotopic (exact) mass is 314 g/mol. The lowest BCUT2D eigenvalue weighted by atomic mass is 9.94. The Bertz CT molecular complexity index is 600. The summed E-state index contributed by atoms with van der Waals surface area (Å²) >= 11 is 0. The van der Waals surface area contributed by atoms with E-state index in [0.717, 1.165) is 31.5 Å². The molecule has 6 nitrogen and oxygen atoms in total. The lowest BCUT2D eigenvalue weighted by Gasteiger charge is -2.33. The van der Waals surface area contributed by atoms with Gasteiger partial charge in [0, 0.05) is 31.5 Å². The molecule has 2 aromatic rings. The van der Waals surface area contributed by atoms with Crippen LogP contribution in [0.2, 0.25) is 0 Å². The summed E-state index contributed by atoms with van der Waals surface area (Å²) in [5.41, 5.74) is 0. The number of nitrogens with zero attached hydrogens (tertiary/aromatic N) is 6. The average Bonchev–Trinajstić information content (AvgIpc) is 2.86. The lowest BCUT2D eigenvalue weighted by Crippen LogP contribution is -2.39. The molecule has 0 radical (unpaired) electrons. The quantitative estimate of drug-likeness (QED) is 0.867. The third-order valence-corrected chi connectivity index (χ3v) is 5.24. The first-order chi connectivity index (χ1) is 11.4. The fourth-order valence-corrected chi connectivity index (χ4v) is 4.00. The van der Waals surface area contributed by atoms with Crippen LogP contribution in [0.15, 0.2) is 18.5 Å². The second kappa shape index (κ2) is 6.93. The molecule has 2 aromatic heterocycles. The van der Waals surface area contributed by atoms with Gasteiger partial charge in [0.25, 0.3) is 5.78 Å². The molecule has 3 heterocycles. The first-order valence-corrected chi connectivity index (χ1v) is 9.01. The summed E-state index contributed by atoms with van der Waals surface area (Å²) in [5.74, 6) is 1.58. The van der Waals surface area contributed by atoms with Crippen molar-refractivity contribution in [1.29, 1.82) is 0 Å². The largest absolute Gasteiger partial charge is 0.299 e. The predicted octanol–water partition coefficient (Wildman–Crippen LogP) is 1.96. The highest BCUT2D eigenvalue weighted by Gasteiger charge is 2.24. The molecule has 1 aliphatic carbocycles. The Morgan fingerprint density at radius 1 is 1.00 bits per heavy atom. The van der Waals surface area contributed by atoms with Crippen molar-refractivity contribution in [3.8, 4) is 0 Å². The number of hydrogen-bond donors (Lipinski definition) is 0. The normalized spacial score (nSPS) is 22.4. The first kappa shape index (κ1) is 15.0. The SMILES string of the molecule is c1cnc2nc(CN3CCCN(C4CCCCC4)CC3)nn2c1. The predicted molar refractivity (Wildman–Crippen MR) is 89.1 cm³/mol. The van der Waals surface area contributed by atoms with Gasteiger partial charge in [-0.2, -0.15) is 4.98 Å². The molecule has 2 aliphatic rings. The molecule has 0 spiro atoms. The van der Waals surface area contributed by atoms with E-state index in [2.05, 4.69) is 24.9 Å². The highest BCUT2D eigenvalue weighted by Crippen LogP contribution is 2.23. The molecule has 23 heavy (non-hydrogen) atoms.